The van der Waals surface area contributed by atoms with Crippen molar-refractivity contribution in [2.75, 3.05) is 7.11 Å². The Morgan fingerprint density at radius 2 is 1.88 bits per heavy atom. The monoisotopic (exact) mass is 387 g/mol. The molecule has 0 saturated heterocycles. The summed E-state index contributed by atoms with van der Waals surface area (Å²) in [7, 11) is 1.52. The number of nitrogens with zero attached hydrogens (tertiary/aromatic N) is 2. The molecule has 0 fully saturated rings. The van der Waals surface area contributed by atoms with E-state index in [2.05, 4.69) is 9.97 Å². The predicted molar refractivity (Wildman–Crippen MR) is 101 cm³/mol. The fourth-order valence-corrected chi connectivity index (χ4v) is 3.40. The van der Waals surface area contributed by atoms with Gasteiger partial charge < -0.3 is 4.74 Å². The lowest BCUT2D eigenvalue weighted by Gasteiger charge is -2.18. The van der Waals surface area contributed by atoms with E-state index in [0.717, 1.165) is 0 Å². The topological polar surface area (TPSA) is 77.0 Å². The number of halogens is 2. The first kappa shape index (κ1) is 16.6. The van der Waals surface area contributed by atoms with Gasteiger partial charge in [-0.3, -0.25) is 14.3 Å². The maximum absolute atomic E-state index is 12.3. The van der Waals surface area contributed by atoms with E-state index in [1.54, 1.807) is 41.0 Å². The Bertz CT molecular complexity index is 1250. The normalized spacial score (nSPS) is 11.2. The average molecular weight is 388 g/mol. The van der Waals surface area contributed by atoms with Gasteiger partial charge in [-0.2, -0.15) is 4.98 Å². The number of rotatable bonds is 2. The van der Waals surface area contributed by atoms with E-state index in [-0.39, 0.29) is 11.4 Å². The molecule has 2 aromatic carbocycles. The fraction of sp³-hybridized carbons (Fsp3) is 0.0556. The van der Waals surface area contributed by atoms with E-state index < -0.39 is 11.2 Å². The molecule has 4 rings (SSSR count). The van der Waals surface area contributed by atoms with Crippen LogP contribution >= 0.6 is 23.2 Å². The molecule has 0 radical (unpaired) electrons. The maximum atomic E-state index is 12.3. The highest BCUT2D eigenvalue weighted by Crippen LogP contribution is 2.34. The molecular weight excluding hydrogens is 377 g/mol. The number of aromatic nitrogens is 3. The fourth-order valence-electron chi connectivity index (χ4n) is 2.93. The molecule has 2 aliphatic rings. The minimum Gasteiger partial charge on any atom is -0.495 e. The molecule has 0 spiro atoms. The van der Waals surface area contributed by atoms with Crippen molar-refractivity contribution < 1.29 is 4.74 Å². The Balaban J connectivity index is 2.21. The zero-order chi connectivity index (χ0) is 18.4. The number of nitrogens with one attached hydrogen (secondary N) is 1. The van der Waals surface area contributed by atoms with Gasteiger partial charge in [-0.05, 0) is 36.4 Å². The second kappa shape index (κ2) is 6.16. The van der Waals surface area contributed by atoms with Gasteiger partial charge in [0, 0.05) is 16.1 Å². The predicted octanol–water partition coefficient (Wildman–Crippen LogP) is 3.49. The lowest BCUT2D eigenvalue weighted by molar-refractivity contribution is 0.415. The van der Waals surface area contributed by atoms with Crippen LogP contribution in [0.25, 0.3) is 28.0 Å². The third kappa shape index (κ3) is 2.55. The summed E-state index contributed by atoms with van der Waals surface area (Å²) in [6, 6.07) is 12.1. The number of benzene rings is 2. The van der Waals surface area contributed by atoms with Gasteiger partial charge in [0.05, 0.1) is 23.2 Å². The number of pyridine rings is 1. The first-order chi connectivity index (χ1) is 12.5. The van der Waals surface area contributed by atoms with Crippen molar-refractivity contribution in [1.82, 2.24) is 14.5 Å². The zero-order valence-electron chi connectivity index (χ0n) is 13.4. The molecular formula is C18H11Cl2N3O3. The SMILES string of the molecule is COc1ccc(-n2c3nc(=O)[nH]c(=O)c-3cc3c(Cl)cccc32)cc1Cl. The summed E-state index contributed by atoms with van der Waals surface area (Å²) in [5.74, 6) is 0.726. The number of hydrogen-bond donors (Lipinski definition) is 1. The molecule has 0 aliphatic carbocycles. The quantitative estimate of drug-likeness (QED) is 0.534. The summed E-state index contributed by atoms with van der Waals surface area (Å²) in [4.78, 5) is 30.3. The van der Waals surface area contributed by atoms with E-state index in [4.69, 9.17) is 27.9 Å². The van der Waals surface area contributed by atoms with Crippen molar-refractivity contribution in [3.63, 3.8) is 0 Å². The molecule has 0 saturated carbocycles. The van der Waals surface area contributed by atoms with Crippen LogP contribution in [0.4, 0.5) is 0 Å². The van der Waals surface area contributed by atoms with Crippen LogP contribution in [0.3, 0.4) is 0 Å². The van der Waals surface area contributed by atoms with Crippen molar-refractivity contribution in [1.29, 1.82) is 0 Å². The van der Waals surface area contributed by atoms with Crippen LogP contribution in [0, 0.1) is 0 Å². The number of H-pyrrole nitrogens is 1. The minimum absolute atomic E-state index is 0.217. The molecule has 0 aromatic heterocycles. The van der Waals surface area contributed by atoms with Crippen molar-refractivity contribution in [2.24, 2.45) is 0 Å². The lowest BCUT2D eigenvalue weighted by Crippen LogP contribution is -2.27. The van der Waals surface area contributed by atoms with Crippen LogP contribution in [0.2, 0.25) is 10.0 Å². The molecule has 130 valence electrons. The van der Waals surface area contributed by atoms with Gasteiger partial charge >= 0.3 is 5.69 Å². The second-order valence-corrected chi connectivity index (χ2v) is 6.39. The summed E-state index contributed by atoms with van der Waals surface area (Å²) in [5.41, 5.74) is 0.291. The van der Waals surface area contributed by atoms with E-state index >= 15 is 0 Å². The molecule has 2 aliphatic heterocycles. The average Bonchev–Trinajstić information content (AvgIpc) is 2.60. The minimum atomic E-state index is -0.725. The standard InChI is InChI=1S/C18H11Cl2N3O3/c1-26-15-6-5-9(7-13(15)20)23-14-4-2-3-12(19)10(14)8-11-16(23)21-18(25)22-17(11)24/h2-8H,1H3,(H,22,24,25). The number of ether oxygens (including phenoxy) is 1. The molecule has 6 nitrogen and oxygen atoms in total. The second-order valence-electron chi connectivity index (χ2n) is 5.58. The number of methoxy groups -OCH3 is 1. The number of aromatic amines is 1. The third-order valence-electron chi connectivity index (χ3n) is 4.08. The maximum Gasteiger partial charge on any atom is 0.349 e. The van der Waals surface area contributed by atoms with Crippen LogP contribution in [0.15, 0.2) is 52.1 Å². The van der Waals surface area contributed by atoms with E-state index in [9.17, 15) is 9.59 Å². The smallest absolute Gasteiger partial charge is 0.349 e. The van der Waals surface area contributed by atoms with E-state index in [0.29, 0.717) is 32.4 Å². The highest BCUT2D eigenvalue weighted by molar-refractivity contribution is 6.35. The molecule has 8 heteroatoms. The van der Waals surface area contributed by atoms with Gasteiger partial charge in [-0.15, -0.1) is 0 Å². The summed E-state index contributed by atoms with van der Waals surface area (Å²) in [6.45, 7) is 0. The highest BCUT2D eigenvalue weighted by atomic mass is 35.5. The van der Waals surface area contributed by atoms with Gasteiger partial charge in [0.1, 0.15) is 5.75 Å². The highest BCUT2D eigenvalue weighted by Gasteiger charge is 2.19. The van der Waals surface area contributed by atoms with Crippen LogP contribution in [0.1, 0.15) is 0 Å². The van der Waals surface area contributed by atoms with Gasteiger partial charge in [0.15, 0.2) is 5.82 Å². The Morgan fingerprint density at radius 1 is 1.08 bits per heavy atom. The molecule has 0 unspecified atom stereocenters. The molecule has 2 heterocycles. The molecule has 0 amide bonds. The zero-order valence-corrected chi connectivity index (χ0v) is 14.9. The molecule has 26 heavy (non-hydrogen) atoms. The molecule has 0 atom stereocenters. The van der Waals surface area contributed by atoms with Crippen molar-refractivity contribution in [3.05, 3.63) is 73.3 Å². The molecule has 0 bridgehead atoms. The first-order valence-electron chi connectivity index (χ1n) is 7.58. The summed E-state index contributed by atoms with van der Waals surface area (Å²) < 4.78 is 6.86. The van der Waals surface area contributed by atoms with Crippen LogP contribution in [-0.4, -0.2) is 21.6 Å². The summed E-state index contributed by atoms with van der Waals surface area (Å²) in [6.07, 6.45) is 0. The van der Waals surface area contributed by atoms with Gasteiger partial charge in [-0.25, -0.2) is 4.79 Å². The molecule has 2 aromatic rings. The van der Waals surface area contributed by atoms with Crippen LogP contribution in [-0.2, 0) is 0 Å². The van der Waals surface area contributed by atoms with Gasteiger partial charge in [0.25, 0.3) is 5.56 Å². The largest absolute Gasteiger partial charge is 0.495 e. The first-order valence-corrected chi connectivity index (χ1v) is 8.33. The van der Waals surface area contributed by atoms with Gasteiger partial charge in [-0.1, -0.05) is 29.3 Å². The van der Waals surface area contributed by atoms with Crippen molar-refractivity contribution >= 4 is 34.1 Å². The Hall–Kier alpha value is -2.83. The summed E-state index contributed by atoms with van der Waals surface area (Å²) in [5, 5.41) is 1.51. The van der Waals surface area contributed by atoms with E-state index in [1.807, 2.05) is 6.07 Å². The summed E-state index contributed by atoms with van der Waals surface area (Å²) >= 11 is 12.6. The number of fused-ring (bicyclic) bond motifs is 2. The molecule has 1 N–H and O–H groups in total. The van der Waals surface area contributed by atoms with Crippen LogP contribution < -0.4 is 16.0 Å². The van der Waals surface area contributed by atoms with Crippen molar-refractivity contribution in [2.45, 2.75) is 0 Å². The Labute approximate surface area is 156 Å². The van der Waals surface area contributed by atoms with Gasteiger partial charge in [0.2, 0.25) is 0 Å². The Kier molecular flexibility index (Phi) is 3.94. The number of hydrogen-bond acceptors (Lipinski definition) is 4. The Morgan fingerprint density at radius 3 is 2.62 bits per heavy atom. The van der Waals surface area contributed by atoms with Crippen molar-refractivity contribution in [3.8, 4) is 22.8 Å². The lowest BCUT2D eigenvalue weighted by atomic mass is 10.1. The third-order valence-corrected chi connectivity index (χ3v) is 4.70. The van der Waals surface area contributed by atoms with Crippen LogP contribution in [0.5, 0.6) is 5.75 Å². The van der Waals surface area contributed by atoms with E-state index in [1.165, 1.54) is 7.11 Å².